The molecule has 0 aliphatic carbocycles. The summed E-state index contributed by atoms with van der Waals surface area (Å²) in [4.78, 5) is 0. The van der Waals surface area contributed by atoms with Crippen molar-refractivity contribution in [1.29, 1.82) is 0 Å². The molecule has 0 aromatic carbocycles. The normalized spacial score (nSPS) is 12.1. The van der Waals surface area contributed by atoms with E-state index in [4.69, 9.17) is 9.05 Å². The van der Waals surface area contributed by atoms with Gasteiger partial charge in [0.15, 0.2) is 5.90 Å². The average Bonchev–Trinajstić information content (AvgIpc) is 2.89. The predicted molar refractivity (Wildman–Crippen MR) is 176 cm³/mol. The molecule has 0 aliphatic rings. The van der Waals surface area contributed by atoms with E-state index in [1.165, 1.54) is 141 Å². The minimum atomic E-state index is -2.97. The van der Waals surface area contributed by atoms with E-state index in [2.05, 4.69) is 34.1 Å². The Kier molecular flexibility index (Phi) is 33.5. The summed E-state index contributed by atoms with van der Waals surface area (Å²) in [5, 5.41) is 0. The van der Waals surface area contributed by atoms with Crippen molar-refractivity contribution in [3.8, 4) is 0 Å². The van der Waals surface area contributed by atoms with E-state index in [-0.39, 0.29) is 24.0 Å². The molecule has 0 aromatic rings. The molecule has 39 heavy (non-hydrogen) atoms. The number of rotatable bonds is 31. The van der Waals surface area contributed by atoms with E-state index in [1.54, 1.807) is 0 Å². The molecule has 0 fully saturated rings. The van der Waals surface area contributed by atoms with Crippen molar-refractivity contribution in [2.24, 2.45) is 0 Å². The molecule has 0 amide bonds. The topological polar surface area (TPSA) is 35.5 Å². The van der Waals surface area contributed by atoms with Crippen LogP contribution in [0.1, 0.15) is 175 Å². The Balaban J connectivity index is 0. The summed E-state index contributed by atoms with van der Waals surface area (Å²) in [6, 6.07) is 0. The summed E-state index contributed by atoms with van der Waals surface area (Å²) in [5.74, 6) is 0.646. The van der Waals surface area contributed by atoms with Gasteiger partial charge >= 0.3 is 7.60 Å². The van der Waals surface area contributed by atoms with Gasteiger partial charge in [-0.1, -0.05) is 155 Å². The van der Waals surface area contributed by atoms with Crippen LogP contribution in [0.3, 0.4) is 0 Å². The Bertz CT molecular complexity index is 497. The van der Waals surface area contributed by atoms with Crippen molar-refractivity contribution in [3.63, 3.8) is 0 Å². The lowest BCUT2D eigenvalue weighted by Gasteiger charge is -2.23. The van der Waals surface area contributed by atoms with Crippen LogP contribution in [-0.2, 0) is 13.6 Å². The van der Waals surface area contributed by atoms with E-state index in [0.29, 0.717) is 19.1 Å². The Labute approximate surface area is 264 Å². The fourth-order valence-corrected chi connectivity index (χ4v) is 11.1. The lowest BCUT2D eigenvalue weighted by atomic mass is 10.1. The number of hydrogen-bond acceptors (Lipinski definition) is 3. The fraction of sp³-hybridized carbons (Fsp3) is 1.00. The molecule has 0 aromatic heterocycles. The smallest absolute Gasteiger partial charge is 0.367 e. The van der Waals surface area contributed by atoms with Gasteiger partial charge in [0.25, 0.3) is 0 Å². The molecule has 0 saturated carbocycles. The minimum Gasteiger partial charge on any atom is -1.00 e. The Morgan fingerprint density at radius 2 is 0.718 bits per heavy atom. The maximum atomic E-state index is 13.6. The van der Waals surface area contributed by atoms with Crippen molar-refractivity contribution >= 4 is 14.9 Å². The first-order valence-corrected chi connectivity index (χ1v) is 21.9. The number of unbranched alkanes of at least 4 members (excludes halogenated alkanes) is 22. The zero-order valence-corrected chi connectivity index (χ0v) is 31.2. The van der Waals surface area contributed by atoms with Crippen LogP contribution in [0, 0.1) is 0 Å². The highest BCUT2D eigenvalue weighted by Gasteiger charge is 2.38. The first-order chi connectivity index (χ1) is 18.4. The second-order valence-corrected chi connectivity index (χ2v) is 19.8. The van der Waals surface area contributed by atoms with Gasteiger partial charge in [0.1, 0.15) is 0 Å². The highest BCUT2D eigenvalue weighted by molar-refractivity contribution is 7.83. The Morgan fingerprint density at radius 1 is 0.462 bits per heavy atom. The van der Waals surface area contributed by atoms with Gasteiger partial charge < -0.3 is 33.0 Å². The van der Waals surface area contributed by atoms with Gasteiger partial charge in [-0.2, -0.15) is 0 Å². The second kappa shape index (κ2) is 30.8. The molecule has 0 N–H and O–H groups in total. The third-order valence-electron chi connectivity index (χ3n) is 7.98. The predicted octanol–water partition coefficient (Wildman–Crippen LogP) is 9.87. The van der Waals surface area contributed by atoms with Crippen molar-refractivity contribution in [2.45, 2.75) is 175 Å². The largest absolute Gasteiger partial charge is 1.00 e. The molecule has 238 valence electrons. The molecule has 0 heterocycles. The average molecular weight is 705 g/mol. The summed E-state index contributed by atoms with van der Waals surface area (Å²) < 4.78 is 25.6. The molecule has 0 radical (unpaired) electrons. The van der Waals surface area contributed by atoms with Crippen LogP contribution in [-0.4, -0.2) is 38.6 Å². The third-order valence-corrected chi connectivity index (χ3v) is 15.3. The van der Waals surface area contributed by atoms with E-state index < -0.39 is 14.9 Å². The fourth-order valence-electron chi connectivity index (χ4n) is 4.98. The first kappa shape index (κ1) is 42.4. The van der Waals surface area contributed by atoms with Crippen LogP contribution in [0.2, 0.25) is 0 Å². The minimum absolute atomic E-state index is 0. The van der Waals surface area contributed by atoms with Crippen molar-refractivity contribution < 1.29 is 37.6 Å². The van der Waals surface area contributed by atoms with E-state index in [0.717, 1.165) is 19.0 Å². The third kappa shape index (κ3) is 30.6. The molecular weight excluding hydrogens is 633 g/mol. The standard InChI is InChI=1S/C33H71O3P2.HI/c1-6-9-11-13-15-17-19-21-23-25-27-29-31-35-38(34,33-37(4,5)8-3)36-32-30-28-26-24-22-20-18-16-14-12-10-7-2;/h6-33H2,1-5H3;1H/q+1;/p-1. The highest BCUT2D eigenvalue weighted by Crippen LogP contribution is 2.65. The molecule has 0 atom stereocenters. The van der Waals surface area contributed by atoms with Crippen LogP contribution < -0.4 is 24.0 Å². The molecular formula is C33H71IO3P2. The quantitative estimate of drug-likeness (QED) is 0.0410. The summed E-state index contributed by atoms with van der Waals surface area (Å²) in [5.41, 5.74) is 0. The van der Waals surface area contributed by atoms with Gasteiger partial charge in [-0.15, -0.1) is 0 Å². The Hall–Kier alpha value is 1.31. The van der Waals surface area contributed by atoms with Gasteiger partial charge in [-0.05, 0) is 19.8 Å². The van der Waals surface area contributed by atoms with E-state index in [9.17, 15) is 4.57 Å². The van der Waals surface area contributed by atoms with Gasteiger partial charge in [0.05, 0.1) is 19.4 Å². The molecule has 3 nitrogen and oxygen atoms in total. The van der Waals surface area contributed by atoms with Gasteiger partial charge in [0.2, 0.25) is 0 Å². The van der Waals surface area contributed by atoms with Crippen molar-refractivity contribution in [1.82, 2.24) is 0 Å². The summed E-state index contributed by atoms with van der Waals surface area (Å²) in [7, 11) is -4.20. The number of halogens is 1. The number of hydrogen-bond donors (Lipinski definition) is 0. The highest BCUT2D eigenvalue weighted by atomic mass is 127. The lowest BCUT2D eigenvalue weighted by molar-refractivity contribution is -0.0000135. The Morgan fingerprint density at radius 3 is 0.974 bits per heavy atom. The zero-order chi connectivity index (χ0) is 28.2. The first-order valence-electron chi connectivity index (χ1n) is 17.1. The van der Waals surface area contributed by atoms with Gasteiger partial charge in [0, 0.05) is 20.6 Å². The van der Waals surface area contributed by atoms with Gasteiger partial charge in [-0.25, -0.2) is 0 Å². The summed E-state index contributed by atoms with van der Waals surface area (Å²) in [6.07, 6.45) is 33.0. The molecule has 0 spiro atoms. The van der Waals surface area contributed by atoms with Crippen molar-refractivity contribution in [2.75, 3.05) is 38.6 Å². The lowest BCUT2D eigenvalue weighted by Crippen LogP contribution is -3.00. The van der Waals surface area contributed by atoms with Crippen LogP contribution >= 0.6 is 14.9 Å². The molecule has 0 saturated heterocycles. The summed E-state index contributed by atoms with van der Waals surface area (Å²) in [6.45, 7) is 12.6. The van der Waals surface area contributed by atoms with Crippen LogP contribution in [0.4, 0.5) is 0 Å². The maximum absolute atomic E-state index is 13.6. The van der Waals surface area contributed by atoms with E-state index in [1.807, 2.05) is 0 Å². The molecule has 0 aliphatic heterocycles. The molecule has 0 rings (SSSR count). The van der Waals surface area contributed by atoms with Crippen LogP contribution in [0.25, 0.3) is 0 Å². The molecule has 6 heteroatoms. The monoisotopic (exact) mass is 704 g/mol. The van der Waals surface area contributed by atoms with Crippen LogP contribution in [0.5, 0.6) is 0 Å². The molecule has 0 bridgehead atoms. The SMILES string of the molecule is CCCCCCCCCCCCCCOP(=O)(C[P+](C)(C)CC)OCCCCCCCCCCCCCC.[I-]. The zero-order valence-electron chi connectivity index (χ0n) is 27.3. The summed E-state index contributed by atoms with van der Waals surface area (Å²) >= 11 is 0. The van der Waals surface area contributed by atoms with Gasteiger partial charge in [-0.3, -0.25) is 4.57 Å². The molecule has 0 unspecified atom stereocenters. The van der Waals surface area contributed by atoms with Crippen molar-refractivity contribution in [3.05, 3.63) is 0 Å². The second-order valence-electron chi connectivity index (χ2n) is 12.4. The maximum Gasteiger partial charge on any atom is 0.367 e. The van der Waals surface area contributed by atoms with E-state index >= 15 is 0 Å². The van der Waals surface area contributed by atoms with Crippen LogP contribution in [0.15, 0.2) is 0 Å².